The molecule has 3 rings (SSSR count). The normalized spacial score (nSPS) is 14.4. The molecule has 0 radical (unpaired) electrons. The van der Waals surface area contributed by atoms with Crippen molar-refractivity contribution in [2.24, 2.45) is 5.92 Å². The summed E-state index contributed by atoms with van der Waals surface area (Å²) in [6.07, 6.45) is 1.89. The molecule has 19 heavy (non-hydrogen) atoms. The number of carbonyl (C=O) groups is 2. The van der Waals surface area contributed by atoms with Crippen molar-refractivity contribution >= 4 is 28.9 Å². The van der Waals surface area contributed by atoms with Gasteiger partial charge in [0.25, 0.3) is 0 Å². The largest absolute Gasteiger partial charge is 0.465 e. The second-order valence-corrected chi connectivity index (χ2v) is 4.57. The predicted molar refractivity (Wildman–Crippen MR) is 68.8 cm³/mol. The number of amides is 1. The molecule has 1 saturated carbocycles. The average Bonchev–Trinajstić information content (AvgIpc) is 3.18. The SMILES string of the molecule is COC(=O)c1ccc2nc(NC(=O)C3CC3)[nH]c2c1. The summed E-state index contributed by atoms with van der Waals surface area (Å²) in [5.74, 6) is 0.125. The summed E-state index contributed by atoms with van der Waals surface area (Å²) in [4.78, 5) is 30.3. The fourth-order valence-electron chi connectivity index (χ4n) is 1.88. The Morgan fingerprint density at radius 2 is 2.21 bits per heavy atom. The molecule has 0 unspecified atom stereocenters. The zero-order valence-corrected chi connectivity index (χ0v) is 10.4. The number of aromatic amines is 1. The molecular weight excluding hydrogens is 246 g/mol. The van der Waals surface area contributed by atoms with Crippen molar-refractivity contribution in [1.82, 2.24) is 9.97 Å². The van der Waals surface area contributed by atoms with Gasteiger partial charge in [0.1, 0.15) is 0 Å². The molecule has 1 amide bonds. The lowest BCUT2D eigenvalue weighted by Crippen LogP contribution is -2.14. The third-order valence-electron chi connectivity index (χ3n) is 3.09. The van der Waals surface area contributed by atoms with Crippen molar-refractivity contribution in [2.75, 3.05) is 12.4 Å². The maximum atomic E-state index is 11.6. The van der Waals surface area contributed by atoms with Crippen molar-refractivity contribution in [1.29, 1.82) is 0 Å². The lowest BCUT2D eigenvalue weighted by molar-refractivity contribution is -0.117. The van der Waals surface area contributed by atoms with Gasteiger partial charge in [-0.25, -0.2) is 9.78 Å². The van der Waals surface area contributed by atoms with Gasteiger partial charge in [-0.3, -0.25) is 10.1 Å². The highest BCUT2D eigenvalue weighted by Gasteiger charge is 2.30. The van der Waals surface area contributed by atoms with Crippen LogP contribution >= 0.6 is 0 Å². The average molecular weight is 259 g/mol. The van der Waals surface area contributed by atoms with E-state index < -0.39 is 5.97 Å². The minimum Gasteiger partial charge on any atom is -0.465 e. The quantitative estimate of drug-likeness (QED) is 0.822. The summed E-state index contributed by atoms with van der Waals surface area (Å²) in [5, 5.41) is 2.73. The van der Waals surface area contributed by atoms with Crippen LogP contribution in [0, 0.1) is 5.92 Å². The molecule has 1 aliphatic rings. The summed E-state index contributed by atoms with van der Waals surface area (Å²) in [5.41, 5.74) is 1.83. The van der Waals surface area contributed by atoms with Gasteiger partial charge < -0.3 is 9.72 Å². The number of nitrogens with zero attached hydrogens (tertiary/aromatic N) is 1. The number of H-pyrrole nitrogens is 1. The number of hydrogen-bond acceptors (Lipinski definition) is 4. The van der Waals surface area contributed by atoms with E-state index in [1.54, 1.807) is 18.2 Å². The summed E-state index contributed by atoms with van der Waals surface area (Å²) in [6.45, 7) is 0. The first-order chi connectivity index (χ1) is 9.17. The standard InChI is InChI=1S/C13H13N3O3/c1-19-12(18)8-4-5-9-10(6-8)15-13(14-9)16-11(17)7-2-3-7/h4-7H,2-3H2,1H3,(H2,14,15,16,17). The fourth-order valence-corrected chi connectivity index (χ4v) is 1.88. The van der Waals surface area contributed by atoms with Crippen molar-refractivity contribution in [3.8, 4) is 0 Å². The van der Waals surface area contributed by atoms with E-state index in [9.17, 15) is 9.59 Å². The monoisotopic (exact) mass is 259 g/mol. The molecule has 6 heteroatoms. The smallest absolute Gasteiger partial charge is 0.337 e. The summed E-state index contributed by atoms with van der Waals surface area (Å²) < 4.78 is 4.65. The van der Waals surface area contributed by atoms with Crippen LogP contribution < -0.4 is 5.32 Å². The second-order valence-electron chi connectivity index (χ2n) is 4.57. The minimum absolute atomic E-state index is 0.00718. The highest BCUT2D eigenvalue weighted by molar-refractivity contribution is 5.96. The topological polar surface area (TPSA) is 84.1 Å². The number of hydrogen-bond donors (Lipinski definition) is 2. The second kappa shape index (κ2) is 4.38. The van der Waals surface area contributed by atoms with Gasteiger partial charge in [-0.05, 0) is 31.0 Å². The first-order valence-electron chi connectivity index (χ1n) is 6.06. The number of rotatable bonds is 3. The zero-order valence-electron chi connectivity index (χ0n) is 10.4. The Labute approximate surface area is 109 Å². The van der Waals surface area contributed by atoms with Gasteiger partial charge in [0.15, 0.2) is 0 Å². The number of nitrogens with one attached hydrogen (secondary N) is 2. The van der Waals surface area contributed by atoms with E-state index >= 15 is 0 Å². The van der Waals surface area contributed by atoms with E-state index in [0.29, 0.717) is 22.5 Å². The Hall–Kier alpha value is -2.37. The minimum atomic E-state index is -0.403. The fraction of sp³-hybridized carbons (Fsp3) is 0.308. The Kier molecular flexibility index (Phi) is 2.70. The van der Waals surface area contributed by atoms with Gasteiger partial charge in [0, 0.05) is 5.92 Å². The van der Waals surface area contributed by atoms with Gasteiger partial charge in [-0.2, -0.15) is 0 Å². The molecule has 0 saturated heterocycles. The molecule has 0 atom stereocenters. The molecule has 1 fully saturated rings. The maximum absolute atomic E-state index is 11.6. The number of fused-ring (bicyclic) bond motifs is 1. The van der Waals surface area contributed by atoms with Gasteiger partial charge in [-0.15, -0.1) is 0 Å². The Morgan fingerprint density at radius 1 is 1.42 bits per heavy atom. The van der Waals surface area contributed by atoms with Crippen LogP contribution in [0.1, 0.15) is 23.2 Å². The molecule has 2 N–H and O–H groups in total. The lowest BCUT2D eigenvalue weighted by Gasteiger charge is -1.98. The number of esters is 1. The first kappa shape index (κ1) is 11.7. The lowest BCUT2D eigenvalue weighted by atomic mass is 10.2. The summed E-state index contributed by atoms with van der Waals surface area (Å²) in [6, 6.07) is 5.01. The molecule has 1 heterocycles. The summed E-state index contributed by atoms with van der Waals surface area (Å²) >= 11 is 0. The van der Waals surface area contributed by atoms with Crippen molar-refractivity contribution in [2.45, 2.75) is 12.8 Å². The predicted octanol–water partition coefficient (Wildman–Crippen LogP) is 1.70. The number of aromatic nitrogens is 2. The Morgan fingerprint density at radius 3 is 2.89 bits per heavy atom. The number of imidazole rings is 1. The van der Waals surface area contributed by atoms with E-state index in [1.165, 1.54) is 7.11 Å². The van der Waals surface area contributed by atoms with E-state index in [-0.39, 0.29) is 11.8 Å². The van der Waals surface area contributed by atoms with Crippen LogP contribution in [0.5, 0.6) is 0 Å². The van der Waals surface area contributed by atoms with E-state index in [1.807, 2.05) is 0 Å². The molecule has 0 spiro atoms. The number of ether oxygens (including phenoxy) is 1. The molecule has 1 aliphatic carbocycles. The highest BCUT2D eigenvalue weighted by Crippen LogP contribution is 2.30. The number of anilines is 1. The number of benzene rings is 1. The van der Waals surface area contributed by atoms with Crippen LogP contribution in [0.25, 0.3) is 11.0 Å². The van der Waals surface area contributed by atoms with Gasteiger partial charge in [0.05, 0.1) is 23.7 Å². The molecular formula is C13H13N3O3. The van der Waals surface area contributed by atoms with Crippen LogP contribution in [0.15, 0.2) is 18.2 Å². The molecule has 6 nitrogen and oxygen atoms in total. The molecule has 0 aliphatic heterocycles. The van der Waals surface area contributed by atoms with Crippen molar-refractivity contribution in [3.05, 3.63) is 23.8 Å². The zero-order chi connectivity index (χ0) is 13.4. The van der Waals surface area contributed by atoms with Crippen LogP contribution in [-0.4, -0.2) is 29.0 Å². The van der Waals surface area contributed by atoms with Gasteiger partial charge in [-0.1, -0.05) is 0 Å². The van der Waals surface area contributed by atoms with Gasteiger partial charge >= 0.3 is 5.97 Å². The van der Waals surface area contributed by atoms with Crippen molar-refractivity contribution < 1.29 is 14.3 Å². The Bertz CT molecular complexity index is 658. The van der Waals surface area contributed by atoms with Gasteiger partial charge in [0.2, 0.25) is 11.9 Å². The third-order valence-corrected chi connectivity index (χ3v) is 3.09. The van der Waals surface area contributed by atoms with Crippen LogP contribution in [0.4, 0.5) is 5.95 Å². The first-order valence-corrected chi connectivity index (χ1v) is 6.06. The summed E-state index contributed by atoms with van der Waals surface area (Å²) in [7, 11) is 1.33. The number of carbonyl (C=O) groups excluding carboxylic acids is 2. The van der Waals surface area contributed by atoms with Crippen LogP contribution in [0.2, 0.25) is 0 Å². The number of methoxy groups -OCH3 is 1. The molecule has 98 valence electrons. The van der Waals surface area contributed by atoms with Crippen molar-refractivity contribution in [3.63, 3.8) is 0 Å². The molecule has 0 bridgehead atoms. The molecule has 1 aromatic heterocycles. The van der Waals surface area contributed by atoms with E-state index in [4.69, 9.17) is 0 Å². The Balaban J connectivity index is 1.87. The molecule has 1 aromatic carbocycles. The maximum Gasteiger partial charge on any atom is 0.337 e. The highest BCUT2D eigenvalue weighted by atomic mass is 16.5. The molecule has 2 aromatic rings. The third kappa shape index (κ3) is 2.29. The van der Waals surface area contributed by atoms with Crippen LogP contribution in [0.3, 0.4) is 0 Å². The van der Waals surface area contributed by atoms with E-state index in [2.05, 4.69) is 20.0 Å². The van der Waals surface area contributed by atoms with Crippen LogP contribution in [-0.2, 0) is 9.53 Å². The van der Waals surface area contributed by atoms with E-state index in [0.717, 1.165) is 12.8 Å².